The Labute approximate surface area is 124 Å². The lowest BCUT2D eigenvalue weighted by Gasteiger charge is -2.14. The summed E-state index contributed by atoms with van der Waals surface area (Å²) in [6.45, 7) is 2.78. The summed E-state index contributed by atoms with van der Waals surface area (Å²) >= 11 is 0. The molecule has 0 fully saturated rings. The second-order valence-corrected chi connectivity index (χ2v) is 4.59. The molecule has 0 aliphatic heterocycles. The van der Waals surface area contributed by atoms with E-state index in [9.17, 15) is 0 Å². The molecule has 5 nitrogen and oxygen atoms in total. The van der Waals surface area contributed by atoms with Gasteiger partial charge in [0, 0.05) is 18.8 Å². The maximum Gasteiger partial charge on any atom is 0.185 e. The first-order valence-corrected chi connectivity index (χ1v) is 6.67. The number of pyridine rings is 1. The number of ether oxygens (including phenoxy) is 3. The van der Waals surface area contributed by atoms with Gasteiger partial charge < -0.3 is 19.9 Å². The van der Waals surface area contributed by atoms with Gasteiger partial charge in [0.2, 0.25) is 0 Å². The van der Waals surface area contributed by atoms with Crippen molar-refractivity contribution in [3.05, 3.63) is 47.3 Å². The zero-order valence-corrected chi connectivity index (χ0v) is 12.6. The van der Waals surface area contributed by atoms with Crippen molar-refractivity contribution >= 4 is 0 Å². The monoisotopic (exact) mass is 288 g/mol. The first-order valence-electron chi connectivity index (χ1n) is 6.67. The average molecular weight is 288 g/mol. The van der Waals surface area contributed by atoms with Crippen LogP contribution in [0, 0.1) is 6.92 Å². The molecule has 0 aliphatic carbocycles. The number of hydrogen-bond acceptors (Lipinski definition) is 5. The molecular formula is C16H20N2O3. The molecule has 0 radical (unpaired) electrons. The third-order valence-corrected chi connectivity index (χ3v) is 3.22. The van der Waals surface area contributed by atoms with Gasteiger partial charge in [-0.1, -0.05) is 12.1 Å². The minimum atomic E-state index is 0.301. The number of benzene rings is 1. The van der Waals surface area contributed by atoms with E-state index in [4.69, 9.17) is 19.9 Å². The van der Waals surface area contributed by atoms with E-state index >= 15 is 0 Å². The molecule has 0 aliphatic rings. The summed E-state index contributed by atoms with van der Waals surface area (Å²) in [6.07, 6.45) is 1.67. The van der Waals surface area contributed by atoms with Crippen LogP contribution in [0.25, 0.3) is 0 Å². The number of nitrogens with zero attached hydrogens (tertiary/aromatic N) is 1. The molecule has 1 aromatic carbocycles. The summed E-state index contributed by atoms with van der Waals surface area (Å²) in [5, 5.41) is 0. The highest BCUT2D eigenvalue weighted by atomic mass is 16.5. The van der Waals surface area contributed by atoms with Gasteiger partial charge in [-0.05, 0) is 24.1 Å². The molecule has 0 spiro atoms. The van der Waals surface area contributed by atoms with Crippen LogP contribution in [0.15, 0.2) is 30.5 Å². The second kappa shape index (κ2) is 6.95. The molecule has 2 N–H and O–H groups in total. The van der Waals surface area contributed by atoms with Gasteiger partial charge in [0.15, 0.2) is 11.5 Å². The van der Waals surface area contributed by atoms with Crippen molar-refractivity contribution in [3.8, 4) is 17.2 Å². The van der Waals surface area contributed by atoms with Gasteiger partial charge in [0.05, 0.1) is 14.2 Å². The maximum atomic E-state index is 5.85. The van der Waals surface area contributed by atoms with Crippen LogP contribution in [0.5, 0.6) is 17.2 Å². The fourth-order valence-electron chi connectivity index (χ4n) is 2.03. The van der Waals surface area contributed by atoms with Crippen molar-refractivity contribution in [3.63, 3.8) is 0 Å². The van der Waals surface area contributed by atoms with Gasteiger partial charge in [0.1, 0.15) is 18.1 Å². The fraction of sp³-hybridized carbons (Fsp3) is 0.312. The quantitative estimate of drug-likeness (QED) is 0.884. The molecule has 0 unspecified atom stereocenters. The van der Waals surface area contributed by atoms with Crippen LogP contribution >= 0.6 is 0 Å². The van der Waals surface area contributed by atoms with E-state index in [1.807, 2.05) is 25.1 Å². The molecule has 0 saturated heterocycles. The Kier molecular flexibility index (Phi) is 5.00. The van der Waals surface area contributed by atoms with Gasteiger partial charge in [-0.15, -0.1) is 0 Å². The zero-order valence-electron chi connectivity index (χ0n) is 12.6. The van der Waals surface area contributed by atoms with Crippen molar-refractivity contribution in [2.75, 3.05) is 14.2 Å². The molecule has 2 aromatic rings. The highest BCUT2D eigenvalue weighted by Gasteiger charge is 2.12. The summed E-state index contributed by atoms with van der Waals surface area (Å²) in [7, 11) is 3.18. The van der Waals surface area contributed by atoms with Crippen molar-refractivity contribution in [1.29, 1.82) is 0 Å². The van der Waals surface area contributed by atoms with Crippen molar-refractivity contribution in [2.45, 2.75) is 20.1 Å². The van der Waals surface area contributed by atoms with E-state index in [-0.39, 0.29) is 0 Å². The minimum absolute atomic E-state index is 0.301. The van der Waals surface area contributed by atoms with E-state index in [1.54, 1.807) is 26.5 Å². The van der Waals surface area contributed by atoms with Gasteiger partial charge in [-0.3, -0.25) is 4.98 Å². The third kappa shape index (κ3) is 3.44. The second-order valence-electron chi connectivity index (χ2n) is 4.59. The van der Waals surface area contributed by atoms with Crippen molar-refractivity contribution in [2.24, 2.45) is 5.73 Å². The summed E-state index contributed by atoms with van der Waals surface area (Å²) in [5.41, 5.74) is 8.42. The minimum Gasteiger partial charge on any atom is -0.493 e. The summed E-state index contributed by atoms with van der Waals surface area (Å²) in [6, 6.07) is 7.69. The average Bonchev–Trinajstić information content (AvgIpc) is 2.53. The maximum absolute atomic E-state index is 5.85. The van der Waals surface area contributed by atoms with Crippen LogP contribution in [0.3, 0.4) is 0 Å². The molecule has 0 atom stereocenters. The van der Waals surface area contributed by atoms with Crippen LogP contribution in [0.4, 0.5) is 0 Å². The van der Waals surface area contributed by atoms with Crippen LogP contribution in [-0.4, -0.2) is 19.2 Å². The summed E-state index contributed by atoms with van der Waals surface area (Å²) < 4.78 is 16.4. The molecule has 0 saturated carbocycles. The topological polar surface area (TPSA) is 66.6 Å². The van der Waals surface area contributed by atoms with Gasteiger partial charge in [-0.25, -0.2) is 0 Å². The summed E-state index contributed by atoms with van der Waals surface area (Å²) in [4.78, 5) is 4.29. The molecule has 1 heterocycles. The number of hydrogen-bond donors (Lipinski definition) is 1. The Morgan fingerprint density at radius 3 is 2.57 bits per heavy atom. The Morgan fingerprint density at radius 1 is 1.10 bits per heavy atom. The van der Waals surface area contributed by atoms with E-state index in [1.165, 1.54) is 0 Å². The van der Waals surface area contributed by atoms with Gasteiger partial charge in [0.25, 0.3) is 0 Å². The Morgan fingerprint density at radius 2 is 1.90 bits per heavy atom. The smallest absolute Gasteiger partial charge is 0.185 e. The molecule has 21 heavy (non-hydrogen) atoms. The molecule has 0 amide bonds. The lowest BCUT2D eigenvalue weighted by Crippen LogP contribution is -2.04. The summed E-state index contributed by atoms with van der Waals surface area (Å²) in [5.74, 6) is 2.02. The molecule has 2 rings (SSSR count). The van der Waals surface area contributed by atoms with E-state index in [0.29, 0.717) is 30.3 Å². The molecule has 1 aromatic heterocycles. The number of aryl methyl sites for hydroxylation is 1. The van der Waals surface area contributed by atoms with Crippen LogP contribution in [0.2, 0.25) is 0 Å². The number of aromatic nitrogens is 1. The fourth-order valence-corrected chi connectivity index (χ4v) is 2.03. The lowest BCUT2D eigenvalue weighted by molar-refractivity contribution is 0.283. The SMILES string of the molecule is COc1ccnc(COc2cc(CN)ccc2C)c1OC. The zero-order chi connectivity index (χ0) is 15.2. The Balaban J connectivity index is 2.20. The van der Waals surface area contributed by atoms with Crippen LogP contribution in [0.1, 0.15) is 16.8 Å². The van der Waals surface area contributed by atoms with Gasteiger partial charge >= 0.3 is 0 Å². The Bertz CT molecular complexity index is 614. The van der Waals surface area contributed by atoms with E-state index in [2.05, 4.69) is 4.98 Å². The number of methoxy groups -OCH3 is 2. The largest absolute Gasteiger partial charge is 0.493 e. The highest BCUT2D eigenvalue weighted by Crippen LogP contribution is 2.30. The van der Waals surface area contributed by atoms with Gasteiger partial charge in [-0.2, -0.15) is 0 Å². The van der Waals surface area contributed by atoms with Crippen molar-refractivity contribution in [1.82, 2.24) is 4.98 Å². The first kappa shape index (κ1) is 15.1. The van der Waals surface area contributed by atoms with E-state index in [0.717, 1.165) is 16.9 Å². The first-order chi connectivity index (χ1) is 10.2. The molecule has 112 valence electrons. The van der Waals surface area contributed by atoms with Crippen LogP contribution in [-0.2, 0) is 13.2 Å². The highest BCUT2D eigenvalue weighted by molar-refractivity contribution is 5.43. The number of rotatable bonds is 6. The molecule has 5 heteroatoms. The number of nitrogens with two attached hydrogens (primary N) is 1. The lowest BCUT2D eigenvalue weighted by atomic mass is 10.1. The normalized spacial score (nSPS) is 10.3. The third-order valence-electron chi connectivity index (χ3n) is 3.22. The van der Waals surface area contributed by atoms with E-state index < -0.39 is 0 Å². The van der Waals surface area contributed by atoms with Crippen LogP contribution < -0.4 is 19.9 Å². The Hall–Kier alpha value is -2.27. The van der Waals surface area contributed by atoms with Crippen molar-refractivity contribution < 1.29 is 14.2 Å². The predicted octanol–water partition coefficient (Wildman–Crippen LogP) is 2.44. The standard InChI is InChI=1S/C16H20N2O3/c1-11-4-5-12(9-17)8-15(11)21-10-13-16(20-3)14(19-2)6-7-18-13/h4-8H,9-10,17H2,1-3H3. The molecule has 0 bridgehead atoms. The predicted molar refractivity (Wildman–Crippen MR) is 80.7 cm³/mol. The molecular weight excluding hydrogens is 268 g/mol.